The van der Waals surface area contributed by atoms with Gasteiger partial charge in [-0.1, -0.05) is 103 Å². The zero-order valence-corrected chi connectivity index (χ0v) is 39.4. The number of carbonyl (C=O) groups excluding carboxylic acids is 7. The largest absolute Gasteiger partial charge is 0.482 e. The highest BCUT2D eigenvalue weighted by Gasteiger charge is 2.41. The van der Waals surface area contributed by atoms with Gasteiger partial charge in [-0.3, -0.25) is 33.7 Å². The minimum absolute atomic E-state index is 0.0569. The van der Waals surface area contributed by atoms with Gasteiger partial charge in [-0.05, 0) is 81.7 Å². The second-order valence-corrected chi connectivity index (χ2v) is 18.3. The van der Waals surface area contributed by atoms with Crippen LogP contribution in [0.5, 0.6) is 5.75 Å². The summed E-state index contributed by atoms with van der Waals surface area (Å²) in [7, 11) is 0. The van der Waals surface area contributed by atoms with Crippen molar-refractivity contribution >= 4 is 47.2 Å². The topological polar surface area (TPSA) is 225 Å². The number of carbonyl (C=O) groups is 7. The van der Waals surface area contributed by atoms with E-state index in [1.54, 1.807) is 24.3 Å². The molecule has 0 radical (unpaired) electrons. The Morgan fingerprint density at radius 1 is 0.681 bits per heavy atom. The van der Waals surface area contributed by atoms with Crippen molar-refractivity contribution in [1.29, 1.82) is 0 Å². The average molecular weight is 946 g/mol. The second-order valence-electron chi connectivity index (χ2n) is 18.3. The number of rotatable bonds is 20. The summed E-state index contributed by atoms with van der Waals surface area (Å²) >= 11 is 0. The molecule has 4 aromatic rings. The van der Waals surface area contributed by atoms with Crippen molar-refractivity contribution < 1.29 is 48.1 Å². The number of hydrogen-bond acceptors (Lipinski definition) is 10. The normalized spacial score (nSPS) is 16.9. The van der Waals surface area contributed by atoms with Crippen LogP contribution in [0.1, 0.15) is 69.6 Å². The first-order chi connectivity index (χ1) is 33.1. The highest BCUT2D eigenvalue weighted by molar-refractivity contribution is 5.94. The van der Waals surface area contributed by atoms with Crippen LogP contribution in [0.2, 0.25) is 0 Å². The van der Waals surface area contributed by atoms with Crippen molar-refractivity contribution in [1.82, 2.24) is 31.1 Å². The molecule has 6 N–H and O–H groups in total. The van der Waals surface area contributed by atoms with E-state index >= 15 is 0 Å². The van der Waals surface area contributed by atoms with Gasteiger partial charge in [-0.15, -0.1) is 0 Å². The Bertz CT molecular complexity index is 2380. The summed E-state index contributed by atoms with van der Waals surface area (Å²) < 4.78 is 11.4. The number of benzene rings is 4. The number of anilines is 1. The van der Waals surface area contributed by atoms with Crippen LogP contribution in [0, 0.1) is 0 Å². The molecule has 17 nitrogen and oxygen atoms in total. The summed E-state index contributed by atoms with van der Waals surface area (Å²) in [5.41, 5.74) is 2.10. The van der Waals surface area contributed by atoms with Crippen LogP contribution in [0.3, 0.4) is 0 Å². The van der Waals surface area contributed by atoms with E-state index in [1.165, 1.54) is 9.80 Å². The smallest absolute Gasteiger partial charge is 0.410 e. The van der Waals surface area contributed by atoms with Crippen LogP contribution in [0.15, 0.2) is 115 Å². The molecule has 2 aliphatic heterocycles. The zero-order chi connectivity index (χ0) is 49.3. The van der Waals surface area contributed by atoms with Crippen LogP contribution in [-0.2, 0) is 53.0 Å². The fourth-order valence-electron chi connectivity index (χ4n) is 8.32. The van der Waals surface area contributed by atoms with Gasteiger partial charge in [-0.2, -0.15) is 0 Å². The SMILES string of the molecule is CC(C)(C)NC(=O)[C@@H]1CCCN1C(=O)[C@@H](O)[C@H](Cc1ccccc1)NC(=O)COc1ccccc1NC(=O)CCNC(=O)[C@@H](Cc1ccccc1)NC(=O)[C@@H]1CCCN1C(=O)OCc1ccccc1. The Kier molecular flexibility index (Phi) is 18.3. The maximum Gasteiger partial charge on any atom is 0.410 e. The third kappa shape index (κ3) is 15.4. The number of likely N-dealkylation sites (tertiary alicyclic amines) is 2. The lowest BCUT2D eigenvalue weighted by Gasteiger charge is -2.32. The summed E-state index contributed by atoms with van der Waals surface area (Å²) in [5, 5.41) is 25.5. The van der Waals surface area contributed by atoms with E-state index in [1.807, 2.05) is 112 Å². The van der Waals surface area contributed by atoms with Crippen molar-refractivity contribution in [3.63, 3.8) is 0 Å². The Morgan fingerprint density at radius 3 is 1.88 bits per heavy atom. The van der Waals surface area contributed by atoms with Gasteiger partial charge < -0.3 is 46.1 Å². The molecule has 0 bridgehead atoms. The molecule has 2 saturated heterocycles. The van der Waals surface area contributed by atoms with Gasteiger partial charge in [0.05, 0.1) is 11.7 Å². The predicted octanol–water partition coefficient (Wildman–Crippen LogP) is 4.03. The first kappa shape index (κ1) is 51.1. The minimum Gasteiger partial charge on any atom is -0.482 e. The number of amides is 7. The summed E-state index contributed by atoms with van der Waals surface area (Å²) in [6, 6.07) is 30.2. The van der Waals surface area contributed by atoms with E-state index in [9.17, 15) is 38.7 Å². The van der Waals surface area contributed by atoms with E-state index < -0.39 is 78.0 Å². The maximum absolute atomic E-state index is 13.8. The van der Waals surface area contributed by atoms with Crippen molar-refractivity contribution in [3.05, 3.63) is 132 Å². The van der Waals surface area contributed by atoms with Gasteiger partial charge >= 0.3 is 6.09 Å². The third-order valence-electron chi connectivity index (χ3n) is 11.7. The number of aliphatic hydroxyl groups is 1. The van der Waals surface area contributed by atoms with Gasteiger partial charge in [0.25, 0.3) is 11.8 Å². The Balaban J connectivity index is 1.02. The van der Waals surface area contributed by atoms with Gasteiger partial charge in [-0.25, -0.2) is 4.79 Å². The molecule has 0 unspecified atom stereocenters. The van der Waals surface area contributed by atoms with Crippen molar-refractivity contribution in [2.24, 2.45) is 0 Å². The number of para-hydroxylation sites is 2. The molecule has 2 aliphatic rings. The minimum atomic E-state index is -1.67. The number of nitrogens with zero attached hydrogens (tertiary/aromatic N) is 2. The lowest BCUT2D eigenvalue weighted by atomic mass is 9.99. The molecule has 0 spiro atoms. The average Bonchev–Trinajstić information content (AvgIpc) is 4.04. The zero-order valence-electron chi connectivity index (χ0n) is 39.4. The molecule has 5 atom stereocenters. The molecule has 69 heavy (non-hydrogen) atoms. The molecule has 0 saturated carbocycles. The van der Waals surface area contributed by atoms with Crippen LogP contribution in [-0.4, -0.2) is 118 Å². The fraction of sp³-hybridized carbons (Fsp3) is 0.404. The number of nitrogens with one attached hydrogen (secondary N) is 5. The molecule has 17 heteroatoms. The summed E-state index contributed by atoms with van der Waals surface area (Å²) in [6.07, 6.45) is -0.150. The standard InChI is InChI=1S/C52H63N7O10/c1-52(2,3)57-49(65)42-25-15-29-58(42)50(66)46(62)39(31-35-17-7-4-8-18-35)55-45(61)34-68-43-26-14-13-23-38(43)54-44(60)27-28-53-47(63)40(32-36-19-9-5-10-20-36)56-48(64)41-24-16-30-59(41)51(67)69-33-37-21-11-6-12-22-37/h4-14,17-23,26,39-42,46,62H,15-16,24-25,27-34H2,1-3H3,(H,53,63)(H,54,60)(H,55,61)(H,56,64)(H,57,65)/t39-,40+,41-,42-,46-/m0/s1. The van der Waals surface area contributed by atoms with Crippen molar-refractivity contribution in [3.8, 4) is 5.75 Å². The van der Waals surface area contributed by atoms with E-state index in [4.69, 9.17) is 9.47 Å². The van der Waals surface area contributed by atoms with E-state index in [-0.39, 0.29) is 56.3 Å². The first-order valence-electron chi connectivity index (χ1n) is 23.4. The van der Waals surface area contributed by atoms with E-state index in [0.717, 1.165) is 16.7 Å². The summed E-state index contributed by atoms with van der Waals surface area (Å²) in [6.45, 7) is 5.60. The first-order valence-corrected chi connectivity index (χ1v) is 23.4. The molecule has 366 valence electrons. The monoisotopic (exact) mass is 945 g/mol. The molecule has 0 aromatic heterocycles. The second kappa shape index (κ2) is 24.7. The van der Waals surface area contributed by atoms with Gasteiger partial charge in [0.2, 0.25) is 23.6 Å². The Hall–Kier alpha value is -7.27. The molecule has 4 aromatic carbocycles. The van der Waals surface area contributed by atoms with Crippen LogP contribution in [0.25, 0.3) is 0 Å². The fourth-order valence-corrected chi connectivity index (χ4v) is 8.32. The highest BCUT2D eigenvalue weighted by atomic mass is 16.6. The van der Waals surface area contributed by atoms with E-state index in [0.29, 0.717) is 32.2 Å². The molecule has 7 amide bonds. The van der Waals surface area contributed by atoms with Crippen LogP contribution >= 0.6 is 0 Å². The molecule has 6 rings (SSSR count). The quantitative estimate of drug-likeness (QED) is 0.0746. The lowest BCUT2D eigenvalue weighted by Crippen LogP contribution is -2.57. The van der Waals surface area contributed by atoms with Crippen molar-refractivity contribution in [2.45, 2.75) is 108 Å². The number of aliphatic hydroxyl groups excluding tert-OH is 1. The predicted molar refractivity (Wildman–Crippen MR) is 257 cm³/mol. The molecular formula is C52H63N7O10. The molecule has 2 heterocycles. The van der Waals surface area contributed by atoms with Gasteiger partial charge in [0.1, 0.15) is 30.5 Å². The van der Waals surface area contributed by atoms with Gasteiger partial charge in [0, 0.05) is 38.0 Å². The molecular weight excluding hydrogens is 883 g/mol. The Labute approximate surface area is 402 Å². The Morgan fingerprint density at radius 2 is 1.25 bits per heavy atom. The van der Waals surface area contributed by atoms with E-state index in [2.05, 4.69) is 26.6 Å². The summed E-state index contributed by atoms with van der Waals surface area (Å²) in [5.74, 6) is -2.94. The van der Waals surface area contributed by atoms with Crippen LogP contribution in [0.4, 0.5) is 10.5 Å². The number of ether oxygens (including phenoxy) is 2. The summed E-state index contributed by atoms with van der Waals surface area (Å²) in [4.78, 5) is 96.7. The van der Waals surface area contributed by atoms with Gasteiger partial charge in [0.15, 0.2) is 12.7 Å². The highest BCUT2D eigenvalue weighted by Crippen LogP contribution is 2.25. The molecule has 2 fully saturated rings. The van der Waals surface area contributed by atoms with Crippen LogP contribution < -0.4 is 31.3 Å². The third-order valence-corrected chi connectivity index (χ3v) is 11.7. The molecule has 0 aliphatic carbocycles. The maximum atomic E-state index is 13.8. The van der Waals surface area contributed by atoms with Crippen molar-refractivity contribution in [2.75, 3.05) is 31.6 Å². The lowest BCUT2D eigenvalue weighted by molar-refractivity contribution is -0.147. The number of hydrogen-bond donors (Lipinski definition) is 6.